The number of hydrogen-bond acceptors (Lipinski definition) is 4. The van der Waals surface area contributed by atoms with Crippen molar-refractivity contribution < 1.29 is 14.3 Å². The third kappa shape index (κ3) is 2.88. The SMILES string of the molecule is O=C(NC1CNc2ccccc2C1)C1COCCO1. The molecule has 1 aromatic carbocycles. The third-order valence-electron chi connectivity index (χ3n) is 3.48. The first-order valence-electron chi connectivity index (χ1n) is 6.64. The van der Waals surface area contributed by atoms with E-state index in [2.05, 4.69) is 22.8 Å². The summed E-state index contributed by atoms with van der Waals surface area (Å²) in [6.07, 6.45) is 0.383. The highest BCUT2D eigenvalue weighted by Gasteiger charge is 2.26. The fourth-order valence-corrected chi connectivity index (χ4v) is 2.48. The van der Waals surface area contributed by atoms with E-state index >= 15 is 0 Å². The number of benzene rings is 1. The number of fused-ring (bicyclic) bond motifs is 1. The van der Waals surface area contributed by atoms with Crippen LogP contribution >= 0.6 is 0 Å². The lowest BCUT2D eigenvalue weighted by atomic mass is 9.99. The van der Waals surface area contributed by atoms with Gasteiger partial charge in [-0.2, -0.15) is 0 Å². The summed E-state index contributed by atoms with van der Waals surface area (Å²) in [5.41, 5.74) is 2.39. The number of ether oxygens (including phenoxy) is 2. The Kier molecular flexibility index (Phi) is 3.66. The molecule has 1 aromatic rings. The van der Waals surface area contributed by atoms with Gasteiger partial charge in [0.15, 0.2) is 6.10 Å². The van der Waals surface area contributed by atoms with Crippen LogP contribution in [0.3, 0.4) is 0 Å². The second-order valence-electron chi connectivity index (χ2n) is 4.88. The van der Waals surface area contributed by atoms with Gasteiger partial charge in [-0.05, 0) is 18.1 Å². The Balaban J connectivity index is 1.58. The first kappa shape index (κ1) is 12.4. The molecule has 5 nitrogen and oxygen atoms in total. The normalized spacial score (nSPS) is 26.1. The number of rotatable bonds is 2. The van der Waals surface area contributed by atoms with E-state index in [-0.39, 0.29) is 11.9 Å². The van der Waals surface area contributed by atoms with E-state index in [1.165, 1.54) is 5.56 Å². The zero-order chi connectivity index (χ0) is 13.1. The minimum absolute atomic E-state index is 0.0779. The van der Waals surface area contributed by atoms with Crippen molar-refractivity contribution in [3.63, 3.8) is 0 Å². The molecule has 0 spiro atoms. The molecule has 1 amide bonds. The summed E-state index contributed by atoms with van der Waals surface area (Å²) in [5, 5.41) is 6.36. The lowest BCUT2D eigenvalue weighted by Gasteiger charge is -2.29. The monoisotopic (exact) mass is 262 g/mol. The van der Waals surface area contributed by atoms with E-state index in [4.69, 9.17) is 9.47 Å². The van der Waals surface area contributed by atoms with Gasteiger partial charge in [-0.25, -0.2) is 0 Å². The van der Waals surface area contributed by atoms with Crippen LogP contribution in [0, 0.1) is 0 Å². The Morgan fingerprint density at radius 1 is 1.32 bits per heavy atom. The highest BCUT2D eigenvalue weighted by atomic mass is 16.6. The quantitative estimate of drug-likeness (QED) is 0.817. The van der Waals surface area contributed by atoms with Crippen LogP contribution in [-0.2, 0) is 20.7 Å². The number of carbonyl (C=O) groups excluding carboxylic acids is 1. The number of para-hydroxylation sites is 1. The van der Waals surface area contributed by atoms with Gasteiger partial charge in [0.25, 0.3) is 5.91 Å². The van der Waals surface area contributed by atoms with E-state index in [0.717, 1.165) is 18.7 Å². The molecule has 19 heavy (non-hydrogen) atoms. The molecule has 2 aliphatic rings. The Hall–Kier alpha value is -1.59. The average Bonchev–Trinajstić information content (AvgIpc) is 2.48. The van der Waals surface area contributed by atoms with Crippen molar-refractivity contribution in [2.75, 3.05) is 31.7 Å². The predicted octanol–water partition coefficient (Wildman–Crippen LogP) is 0.555. The molecular formula is C14H18N2O3. The molecule has 0 bridgehead atoms. The fourth-order valence-electron chi connectivity index (χ4n) is 2.48. The first-order chi connectivity index (χ1) is 9.33. The zero-order valence-corrected chi connectivity index (χ0v) is 10.7. The van der Waals surface area contributed by atoms with Crippen molar-refractivity contribution in [1.82, 2.24) is 5.32 Å². The second-order valence-corrected chi connectivity index (χ2v) is 4.88. The highest BCUT2D eigenvalue weighted by Crippen LogP contribution is 2.21. The van der Waals surface area contributed by atoms with Crippen LogP contribution in [0.4, 0.5) is 5.69 Å². The Morgan fingerprint density at radius 2 is 2.21 bits per heavy atom. The predicted molar refractivity (Wildman–Crippen MR) is 71.1 cm³/mol. The molecule has 1 saturated heterocycles. The van der Waals surface area contributed by atoms with Crippen LogP contribution < -0.4 is 10.6 Å². The average molecular weight is 262 g/mol. The van der Waals surface area contributed by atoms with Gasteiger partial charge in [0.2, 0.25) is 0 Å². The summed E-state index contributed by atoms with van der Waals surface area (Å²) in [6.45, 7) is 2.16. The van der Waals surface area contributed by atoms with Crippen LogP contribution in [0.5, 0.6) is 0 Å². The third-order valence-corrected chi connectivity index (χ3v) is 3.48. The highest BCUT2D eigenvalue weighted by molar-refractivity contribution is 5.81. The van der Waals surface area contributed by atoms with Gasteiger partial charge < -0.3 is 20.1 Å². The van der Waals surface area contributed by atoms with Crippen LogP contribution in [0.1, 0.15) is 5.56 Å². The molecule has 0 saturated carbocycles. The molecule has 0 aromatic heterocycles. The standard InChI is InChI=1S/C14H18N2O3/c17-14(13-9-18-5-6-19-13)16-11-7-10-3-1-2-4-12(10)15-8-11/h1-4,11,13,15H,5-9H2,(H,16,17). The molecule has 2 unspecified atom stereocenters. The molecule has 2 heterocycles. The number of nitrogens with one attached hydrogen (secondary N) is 2. The maximum Gasteiger partial charge on any atom is 0.251 e. The molecule has 1 fully saturated rings. The minimum Gasteiger partial charge on any atom is -0.383 e. The summed E-state index contributed by atoms with van der Waals surface area (Å²) in [4.78, 5) is 12.0. The Labute approximate surface area is 112 Å². The van der Waals surface area contributed by atoms with Crippen molar-refractivity contribution in [3.8, 4) is 0 Å². The molecule has 0 radical (unpaired) electrons. The van der Waals surface area contributed by atoms with E-state index < -0.39 is 6.10 Å². The molecule has 0 aliphatic carbocycles. The van der Waals surface area contributed by atoms with E-state index in [9.17, 15) is 4.79 Å². The maximum absolute atomic E-state index is 12.0. The number of carbonyl (C=O) groups is 1. The summed E-state index contributed by atoms with van der Waals surface area (Å²) < 4.78 is 10.6. The van der Waals surface area contributed by atoms with Crippen molar-refractivity contribution in [3.05, 3.63) is 29.8 Å². The lowest BCUT2D eigenvalue weighted by molar-refractivity contribution is -0.148. The van der Waals surface area contributed by atoms with Gasteiger partial charge >= 0.3 is 0 Å². The molecule has 2 N–H and O–H groups in total. The van der Waals surface area contributed by atoms with Crippen molar-refractivity contribution >= 4 is 11.6 Å². The summed E-state index contributed by atoms with van der Waals surface area (Å²) in [6, 6.07) is 8.28. The molecule has 5 heteroatoms. The van der Waals surface area contributed by atoms with Crippen LogP contribution in [0.2, 0.25) is 0 Å². The van der Waals surface area contributed by atoms with Crippen molar-refractivity contribution in [2.24, 2.45) is 0 Å². The number of hydrogen-bond donors (Lipinski definition) is 2. The maximum atomic E-state index is 12.0. The minimum atomic E-state index is -0.467. The Bertz CT molecular complexity index is 458. The molecule has 2 atom stereocenters. The molecule has 3 rings (SSSR count). The summed E-state index contributed by atoms with van der Waals surface area (Å²) in [7, 11) is 0. The Morgan fingerprint density at radius 3 is 3.05 bits per heavy atom. The van der Waals surface area contributed by atoms with Crippen LogP contribution in [0.15, 0.2) is 24.3 Å². The van der Waals surface area contributed by atoms with Gasteiger partial charge in [0, 0.05) is 12.2 Å². The first-order valence-corrected chi connectivity index (χ1v) is 6.64. The van der Waals surface area contributed by atoms with Gasteiger partial charge in [-0.3, -0.25) is 4.79 Å². The smallest absolute Gasteiger partial charge is 0.251 e. The summed E-state index contributed by atoms with van der Waals surface area (Å²) in [5.74, 6) is -0.0779. The van der Waals surface area contributed by atoms with Gasteiger partial charge in [0.1, 0.15) is 0 Å². The van der Waals surface area contributed by atoms with Crippen LogP contribution in [-0.4, -0.2) is 44.4 Å². The number of anilines is 1. The van der Waals surface area contributed by atoms with Gasteiger partial charge in [0.05, 0.1) is 25.9 Å². The van der Waals surface area contributed by atoms with Gasteiger partial charge in [-0.15, -0.1) is 0 Å². The molecule has 102 valence electrons. The topological polar surface area (TPSA) is 59.6 Å². The van der Waals surface area contributed by atoms with Gasteiger partial charge in [-0.1, -0.05) is 18.2 Å². The van der Waals surface area contributed by atoms with Crippen molar-refractivity contribution in [1.29, 1.82) is 0 Å². The molecule has 2 aliphatic heterocycles. The van der Waals surface area contributed by atoms with E-state index in [1.54, 1.807) is 0 Å². The second kappa shape index (κ2) is 5.59. The van der Waals surface area contributed by atoms with E-state index in [1.807, 2.05) is 12.1 Å². The lowest BCUT2D eigenvalue weighted by Crippen LogP contribution is -2.50. The fraction of sp³-hybridized carbons (Fsp3) is 0.500. The molecular weight excluding hydrogens is 244 g/mol. The summed E-state index contributed by atoms with van der Waals surface area (Å²) >= 11 is 0. The number of amides is 1. The largest absolute Gasteiger partial charge is 0.383 e. The van der Waals surface area contributed by atoms with Crippen molar-refractivity contribution in [2.45, 2.75) is 18.6 Å². The van der Waals surface area contributed by atoms with E-state index in [0.29, 0.717) is 19.8 Å². The van der Waals surface area contributed by atoms with Crippen LogP contribution in [0.25, 0.3) is 0 Å². The zero-order valence-electron chi connectivity index (χ0n) is 10.7.